The van der Waals surface area contributed by atoms with Crippen LogP contribution in [0.15, 0.2) is 46.5 Å². The second kappa shape index (κ2) is 6.86. The van der Waals surface area contributed by atoms with Crippen LogP contribution in [-0.4, -0.2) is 15.7 Å². The highest BCUT2D eigenvalue weighted by molar-refractivity contribution is 7.14. The number of thiazole rings is 1. The third-order valence-electron chi connectivity index (χ3n) is 3.39. The van der Waals surface area contributed by atoms with Crippen molar-refractivity contribution in [2.24, 2.45) is 0 Å². The minimum absolute atomic E-state index is 0.0531. The topological polar surface area (TPSA) is 73.1 Å². The maximum atomic E-state index is 12.2. The van der Waals surface area contributed by atoms with Crippen molar-refractivity contribution in [3.63, 3.8) is 0 Å². The molecule has 1 aromatic carbocycles. The van der Waals surface area contributed by atoms with E-state index in [0.717, 1.165) is 10.6 Å². The summed E-state index contributed by atoms with van der Waals surface area (Å²) < 4.78 is 0. The molecule has 0 radical (unpaired) electrons. The SMILES string of the molecule is Cc1ccc(C(=O)/C=C/c2csc(-c3ccsc3)n2)cc1[N+](=O)[O-]. The Morgan fingerprint density at radius 1 is 1.29 bits per heavy atom. The molecule has 120 valence electrons. The monoisotopic (exact) mass is 356 g/mol. The van der Waals surface area contributed by atoms with Gasteiger partial charge in [-0.15, -0.1) is 11.3 Å². The van der Waals surface area contributed by atoms with Crippen molar-refractivity contribution >= 4 is 40.2 Å². The highest BCUT2D eigenvalue weighted by Gasteiger charge is 2.13. The second-order valence-corrected chi connectivity index (χ2v) is 6.68. The summed E-state index contributed by atoms with van der Waals surface area (Å²) in [5, 5.41) is 17.7. The van der Waals surface area contributed by atoms with Crippen LogP contribution in [0.2, 0.25) is 0 Å². The van der Waals surface area contributed by atoms with Crippen molar-refractivity contribution in [3.8, 4) is 10.6 Å². The van der Waals surface area contributed by atoms with Crippen LogP contribution in [0.5, 0.6) is 0 Å². The number of nitrogens with zero attached hydrogens (tertiary/aromatic N) is 2. The van der Waals surface area contributed by atoms with Crippen molar-refractivity contribution < 1.29 is 9.72 Å². The van der Waals surface area contributed by atoms with Gasteiger partial charge in [0.2, 0.25) is 0 Å². The zero-order valence-electron chi connectivity index (χ0n) is 12.6. The number of aryl methyl sites for hydroxylation is 1. The lowest BCUT2D eigenvalue weighted by molar-refractivity contribution is -0.385. The Hall–Kier alpha value is -2.64. The van der Waals surface area contributed by atoms with E-state index in [1.165, 1.54) is 23.5 Å². The van der Waals surface area contributed by atoms with Crippen molar-refractivity contribution in [2.75, 3.05) is 0 Å². The standard InChI is InChI=1S/C17H12N2O3S2/c1-11-2-3-12(8-15(11)19(21)22)16(20)5-4-14-10-24-17(18-14)13-6-7-23-9-13/h2-10H,1H3/b5-4+. The van der Waals surface area contributed by atoms with E-state index < -0.39 is 4.92 Å². The third kappa shape index (κ3) is 3.47. The van der Waals surface area contributed by atoms with E-state index >= 15 is 0 Å². The molecule has 5 nitrogen and oxygen atoms in total. The first-order valence-electron chi connectivity index (χ1n) is 7.00. The van der Waals surface area contributed by atoms with Gasteiger partial charge in [-0.1, -0.05) is 12.1 Å². The molecular formula is C17H12N2O3S2. The van der Waals surface area contributed by atoms with Gasteiger partial charge in [-0.2, -0.15) is 11.3 Å². The Labute approximate surface area is 146 Å². The molecule has 0 saturated heterocycles. The van der Waals surface area contributed by atoms with E-state index in [0.29, 0.717) is 11.3 Å². The van der Waals surface area contributed by atoms with Crippen LogP contribution in [0.3, 0.4) is 0 Å². The number of allylic oxidation sites excluding steroid dienone is 1. The predicted molar refractivity (Wildman–Crippen MR) is 96.6 cm³/mol. The molecule has 0 N–H and O–H groups in total. The fourth-order valence-corrected chi connectivity index (χ4v) is 3.60. The number of aromatic nitrogens is 1. The molecule has 2 heterocycles. The van der Waals surface area contributed by atoms with Crippen molar-refractivity contribution in [3.05, 3.63) is 73.4 Å². The maximum absolute atomic E-state index is 12.2. The van der Waals surface area contributed by atoms with Crippen LogP contribution in [0.1, 0.15) is 21.6 Å². The Bertz CT molecular complexity index is 927. The Morgan fingerprint density at radius 3 is 2.83 bits per heavy atom. The van der Waals surface area contributed by atoms with Gasteiger partial charge in [-0.25, -0.2) is 4.98 Å². The van der Waals surface area contributed by atoms with Gasteiger partial charge in [-0.3, -0.25) is 14.9 Å². The minimum Gasteiger partial charge on any atom is -0.289 e. The molecule has 0 atom stereocenters. The first kappa shape index (κ1) is 16.2. The molecule has 0 amide bonds. The third-order valence-corrected chi connectivity index (χ3v) is 4.98. The normalized spacial score (nSPS) is 11.0. The van der Waals surface area contributed by atoms with Gasteiger partial charge in [0, 0.05) is 33.5 Å². The number of thiophene rings is 1. The lowest BCUT2D eigenvalue weighted by Gasteiger charge is -1.99. The van der Waals surface area contributed by atoms with Gasteiger partial charge >= 0.3 is 0 Å². The first-order chi connectivity index (χ1) is 11.5. The molecule has 0 bridgehead atoms. The molecule has 7 heteroatoms. The Morgan fingerprint density at radius 2 is 2.12 bits per heavy atom. The van der Waals surface area contributed by atoms with Crippen LogP contribution >= 0.6 is 22.7 Å². The largest absolute Gasteiger partial charge is 0.289 e. The molecule has 3 aromatic rings. The summed E-state index contributed by atoms with van der Waals surface area (Å²) in [6.07, 6.45) is 3.02. The molecule has 0 fully saturated rings. The molecule has 3 rings (SSSR count). The second-order valence-electron chi connectivity index (χ2n) is 5.05. The molecule has 0 spiro atoms. The smallest absolute Gasteiger partial charge is 0.273 e. The number of benzene rings is 1. The number of ketones is 1. The van der Waals surface area contributed by atoms with Crippen molar-refractivity contribution in [1.82, 2.24) is 4.98 Å². The summed E-state index contributed by atoms with van der Waals surface area (Å²) in [7, 11) is 0. The highest BCUT2D eigenvalue weighted by atomic mass is 32.1. The molecule has 0 unspecified atom stereocenters. The summed E-state index contributed by atoms with van der Waals surface area (Å²) in [6.45, 7) is 1.64. The van der Waals surface area contributed by atoms with Crippen LogP contribution in [0, 0.1) is 17.0 Å². The fraction of sp³-hybridized carbons (Fsp3) is 0.0588. The molecule has 0 aliphatic carbocycles. The van der Waals surface area contributed by atoms with Crippen LogP contribution in [0.4, 0.5) is 5.69 Å². The van der Waals surface area contributed by atoms with E-state index in [-0.39, 0.29) is 17.0 Å². The van der Waals surface area contributed by atoms with Crippen molar-refractivity contribution in [1.29, 1.82) is 0 Å². The van der Waals surface area contributed by atoms with E-state index in [1.807, 2.05) is 22.2 Å². The average Bonchev–Trinajstić information content (AvgIpc) is 3.24. The molecule has 24 heavy (non-hydrogen) atoms. The molecule has 2 aromatic heterocycles. The highest BCUT2D eigenvalue weighted by Crippen LogP contribution is 2.26. The Kier molecular flexibility index (Phi) is 4.64. The van der Waals surface area contributed by atoms with Gasteiger partial charge in [0.1, 0.15) is 5.01 Å². The molecule has 0 saturated carbocycles. The van der Waals surface area contributed by atoms with Gasteiger partial charge in [0.05, 0.1) is 10.6 Å². The zero-order chi connectivity index (χ0) is 17.1. The van der Waals surface area contributed by atoms with E-state index in [4.69, 9.17) is 0 Å². The zero-order valence-corrected chi connectivity index (χ0v) is 14.3. The summed E-state index contributed by atoms with van der Waals surface area (Å²) in [5.41, 5.74) is 2.52. The summed E-state index contributed by atoms with van der Waals surface area (Å²) in [5.74, 6) is -0.289. The Balaban J connectivity index is 1.78. The number of carbonyl (C=O) groups excluding carboxylic acids is 1. The fourth-order valence-electron chi connectivity index (χ4n) is 2.10. The number of hydrogen-bond acceptors (Lipinski definition) is 6. The van der Waals surface area contributed by atoms with Gasteiger partial charge < -0.3 is 0 Å². The number of nitro benzene ring substituents is 1. The molecule has 0 aliphatic heterocycles. The van der Waals surface area contributed by atoms with E-state index in [9.17, 15) is 14.9 Å². The number of rotatable bonds is 5. The van der Waals surface area contributed by atoms with Crippen LogP contribution < -0.4 is 0 Å². The van der Waals surface area contributed by atoms with Gasteiger partial charge in [0.15, 0.2) is 5.78 Å². The average molecular weight is 356 g/mol. The maximum Gasteiger partial charge on any atom is 0.273 e. The van der Waals surface area contributed by atoms with Gasteiger partial charge in [0.25, 0.3) is 5.69 Å². The lowest BCUT2D eigenvalue weighted by Crippen LogP contribution is -1.98. The summed E-state index contributed by atoms with van der Waals surface area (Å²) in [4.78, 5) is 27.1. The number of nitro groups is 1. The molecule has 0 aliphatic rings. The quantitative estimate of drug-likeness (QED) is 0.279. The molecular weight excluding hydrogens is 344 g/mol. The lowest BCUT2D eigenvalue weighted by atomic mass is 10.1. The van der Waals surface area contributed by atoms with E-state index in [2.05, 4.69) is 4.98 Å². The minimum atomic E-state index is -0.483. The first-order valence-corrected chi connectivity index (χ1v) is 8.82. The summed E-state index contributed by atoms with van der Waals surface area (Å²) >= 11 is 3.11. The summed E-state index contributed by atoms with van der Waals surface area (Å²) in [6, 6.07) is 6.47. The van der Waals surface area contributed by atoms with Crippen LogP contribution in [-0.2, 0) is 0 Å². The predicted octanol–water partition coefficient (Wildman–Crippen LogP) is 4.98. The number of hydrogen-bond donors (Lipinski definition) is 0. The number of carbonyl (C=O) groups is 1. The van der Waals surface area contributed by atoms with Crippen molar-refractivity contribution in [2.45, 2.75) is 6.92 Å². The van der Waals surface area contributed by atoms with Crippen LogP contribution in [0.25, 0.3) is 16.6 Å². The van der Waals surface area contributed by atoms with E-state index in [1.54, 1.807) is 36.5 Å². The van der Waals surface area contributed by atoms with Gasteiger partial charge in [-0.05, 0) is 30.5 Å².